The van der Waals surface area contributed by atoms with Crippen molar-refractivity contribution in [1.29, 1.82) is 0 Å². The van der Waals surface area contributed by atoms with E-state index in [0.29, 0.717) is 29.4 Å². The first-order valence-corrected chi connectivity index (χ1v) is 12.6. The van der Waals surface area contributed by atoms with Gasteiger partial charge in [-0.2, -0.15) is 4.89 Å². The maximum Gasteiger partial charge on any atom is 0.302 e. The highest BCUT2D eigenvalue weighted by Crippen LogP contribution is 2.66. The molecule has 176 valence electrons. The molecule has 0 aromatic rings. The summed E-state index contributed by atoms with van der Waals surface area (Å²) in [7, 11) is 0. The summed E-state index contributed by atoms with van der Waals surface area (Å²) < 4.78 is 5.75. The lowest BCUT2D eigenvalue weighted by molar-refractivity contribution is -0.313. The van der Waals surface area contributed by atoms with Crippen LogP contribution in [0, 0.1) is 34.5 Å². The van der Waals surface area contributed by atoms with Gasteiger partial charge in [-0.3, -0.25) is 4.79 Å². The predicted molar refractivity (Wildman–Crippen MR) is 119 cm³/mol. The zero-order chi connectivity index (χ0) is 22.4. The number of esters is 1. The number of hydrogen-bond donors (Lipinski definition) is 1. The number of carbonyl (C=O) groups excluding carboxylic acids is 1. The van der Waals surface area contributed by atoms with Crippen LogP contribution < -0.4 is 0 Å². The summed E-state index contributed by atoms with van der Waals surface area (Å²) in [6, 6.07) is 0. The average Bonchev–Trinajstić information content (AvgIpc) is 3.03. The molecule has 5 nitrogen and oxygen atoms in total. The second-order valence-corrected chi connectivity index (χ2v) is 11.4. The fourth-order valence-corrected chi connectivity index (χ4v) is 8.07. The molecule has 5 heteroatoms. The first-order valence-electron chi connectivity index (χ1n) is 12.6. The van der Waals surface area contributed by atoms with Gasteiger partial charge in [0.1, 0.15) is 18.0 Å². The van der Waals surface area contributed by atoms with Crippen LogP contribution in [0.3, 0.4) is 0 Å². The fraction of sp³-hybridized carbons (Fsp3) is 0.885. The van der Waals surface area contributed by atoms with Crippen molar-refractivity contribution >= 4 is 5.97 Å². The molecule has 0 saturated heterocycles. The zero-order valence-corrected chi connectivity index (χ0v) is 19.9. The number of aliphatic hydroxyl groups excluding tert-OH is 1. The van der Waals surface area contributed by atoms with Crippen LogP contribution in [0.25, 0.3) is 0 Å². The number of ether oxygens (including phenoxy) is 1. The topological polar surface area (TPSA) is 65.0 Å². The minimum absolute atomic E-state index is 0.00477. The Balaban J connectivity index is 1.46. The van der Waals surface area contributed by atoms with Crippen LogP contribution in [0.4, 0.5) is 0 Å². The molecule has 9 atom stereocenters. The van der Waals surface area contributed by atoms with Gasteiger partial charge in [-0.25, -0.2) is 0 Å². The van der Waals surface area contributed by atoms with E-state index < -0.39 is 0 Å². The normalized spacial score (nSPS) is 46.4. The number of allylic oxidation sites excluding steroid dienone is 1. The molecular formula is C26H42O5. The number of fused-ring (bicyclic) bond motifs is 5. The van der Waals surface area contributed by atoms with Crippen LogP contribution in [-0.4, -0.2) is 29.4 Å². The molecule has 4 fully saturated rings. The molecule has 31 heavy (non-hydrogen) atoms. The minimum Gasteiger partial charge on any atom is -0.462 e. The van der Waals surface area contributed by atoms with E-state index in [2.05, 4.69) is 27.4 Å². The Morgan fingerprint density at radius 3 is 2.48 bits per heavy atom. The SMILES string of the molecule is C=C(CCC)OO[C@H]1CC[C@@]2(C)C(C1)C[C@H](O)C1C2CC[C@@]2(C)C1CC[C@@H]2OC(C)=O. The highest BCUT2D eigenvalue weighted by molar-refractivity contribution is 5.66. The van der Waals surface area contributed by atoms with Gasteiger partial charge in [-0.15, -0.1) is 0 Å². The molecule has 0 heterocycles. The van der Waals surface area contributed by atoms with E-state index >= 15 is 0 Å². The monoisotopic (exact) mass is 434 g/mol. The standard InChI is InChI=1S/C26H42O5/c1-6-7-16(2)30-31-19-10-12-25(4)18(14-19)15-22(28)24-20-8-9-23(29-17(3)27)26(20,5)13-11-21(24)25/h18-24,28H,2,6-15H2,1,3-5H3/t18?,19-,20?,21?,22-,23-,24?,25-,26-/m0/s1. The van der Waals surface area contributed by atoms with Crippen molar-refractivity contribution in [3.63, 3.8) is 0 Å². The van der Waals surface area contributed by atoms with Gasteiger partial charge >= 0.3 is 5.97 Å². The lowest BCUT2D eigenvalue weighted by Crippen LogP contribution is -2.59. The quantitative estimate of drug-likeness (QED) is 0.256. The van der Waals surface area contributed by atoms with Gasteiger partial charge in [0.25, 0.3) is 0 Å². The lowest BCUT2D eigenvalue weighted by Gasteiger charge is -2.62. The molecule has 0 spiro atoms. The first kappa shape index (κ1) is 23.1. The van der Waals surface area contributed by atoms with Crippen LogP contribution in [0.1, 0.15) is 91.9 Å². The molecule has 4 saturated carbocycles. The molecule has 0 radical (unpaired) electrons. The molecular weight excluding hydrogens is 392 g/mol. The summed E-state index contributed by atoms with van der Waals surface area (Å²) in [6.45, 7) is 12.3. The Kier molecular flexibility index (Phi) is 6.48. The molecule has 0 aliphatic heterocycles. The van der Waals surface area contributed by atoms with Crippen molar-refractivity contribution in [3.8, 4) is 0 Å². The van der Waals surface area contributed by atoms with Crippen LogP contribution >= 0.6 is 0 Å². The Bertz CT molecular complexity index is 691. The minimum atomic E-state index is -0.279. The van der Waals surface area contributed by atoms with E-state index in [4.69, 9.17) is 14.5 Å². The Morgan fingerprint density at radius 2 is 1.77 bits per heavy atom. The summed E-state index contributed by atoms with van der Waals surface area (Å²) in [4.78, 5) is 22.9. The van der Waals surface area contributed by atoms with Gasteiger partial charge < -0.3 is 14.7 Å². The van der Waals surface area contributed by atoms with Gasteiger partial charge in [0, 0.05) is 18.8 Å². The predicted octanol–water partition coefficient (Wildman–Crippen LogP) is 5.56. The zero-order valence-electron chi connectivity index (χ0n) is 19.9. The smallest absolute Gasteiger partial charge is 0.302 e. The van der Waals surface area contributed by atoms with E-state index in [1.165, 1.54) is 6.92 Å². The molecule has 1 N–H and O–H groups in total. The number of aliphatic hydroxyl groups is 1. The Hall–Kier alpha value is -1.07. The van der Waals surface area contributed by atoms with E-state index in [1.807, 2.05) is 0 Å². The highest BCUT2D eigenvalue weighted by Gasteiger charge is 2.63. The molecule has 0 amide bonds. The van der Waals surface area contributed by atoms with Crippen LogP contribution in [-0.2, 0) is 19.3 Å². The first-order chi connectivity index (χ1) is 14.7. The van der Waals surface area contributed by atoms with Gasteiger partial charge in [0.2, 0.25) is 0 Å². The van der Waals surface area contributed by atoms with Crippen molar-refractivity contribution in [1.82, 2.24) is 0 Å². The molecule has 4 aliphatic carbocycles. The van der Waals surface area contributed by atoms with Crippen molar-refractivity contribution in [3.05, 3.63) is 12.3 Å². The maximum atomic E-state index is 11.7. The molecule has 4 rings (SSSR count). The van der Waals surface area contributed by atoms with E-state index in [9.17, 15) is 9.90 Å². The third-order valence-electron chi connectivity index (χ3n) is 9.69. The highest BCUT2D eigenvalue weighted by atomic mass is 17.2. The van der Waals surface area contributed by atoms with Crippen molar-refractivity contribution in [2.45, 2.75) is 110 Å². The van der Waals surface area contributed by atoms with Crippen LogP contribution in [0.2, 0.25) is 0 Å². The molecule has 0 aromatic carbocycles. The van der Waals surface area contributed by atoms with E-state index in [-0.39, 0.29) is 35.1 Å². The second-order valence-electron chi connectivity index (χ2n) is 11.4. The van der Waals surface area contributed by atoms with Crippen molar-refractivity contribution in [2.24, 2.45) is 34.5 Å². The summed E-state index contributed by atoms with van der Waals surface area (Å²) in [5, 5.41) is 11.4. The average molecular weight is 435 g/mol. The molecule has 0 bridgehead atoms. The van der Waals surface area contributed by atoms with Crippen LogP contribution in [0.5, 0.6) is 0 Å². The van der Waals surface area contributed by atoms with Gasteiger partial charge in [-0.1, -0.05) is 27.4 Å². The summed E-state index contributed by atoms with van der Waals surface area (Å²) in [5.41, 5.74) is 0.246. The van der Waals surface area contributed by atoms with Gasteiger partial charge in [-0.05, 0) is 86.9 Å². The largest absolute Gasteiger partial charge is 0.462 e. The Labute approximate surface area is 187 Å². The lowest BCUT2D eigenvalue weighted by atomic mass is 9.44. The molecule has 0 aromatic heterocycles. The third-order valence-corrected chi connectivity index (χ3v) is 9.69. The van der Waals surface area contributed by atoms with Gasteiger partial charge in [0.05, 0.1) is 6.10 Å². The number of carbonyl (C=O) groups is 1. The summed E-state index contributed by atoms with van der Waals surface area (Å²) in [6.07, 6.45) is 9.77. The van der Waals surface area contributed by atoms with E-state index in [1.54, 1.807) is 0 Å². The third kappa shape index (κ3) is 4.06. The number of rotatable bonds is 6. The van der Waals surface area contributed by atoms with E-state index in [0.717, 1.165) is 64.2 Å². The van der Waals surface area contributed by atoms with Crippen molar-refractivity contribution in [2.75, 3.05) is 0 Å². The summed E-state index contributed by atoms with van der Waals surface area (Å²) >= 11 is 0. The number of hydrogen-bond acceptors (Lipinski definition) is 5. The fourth-order valence-electron chi connectivity index (χ4n) is 8.07. The van der Waals surface area contributed by atoms with Crippen LogP contribution in [0.15, 0.2) is 12.3 Å². The molecule has 4 unspecified atom stereocenters. The van der Waals surface area contributed by atoms with Gasteiger partial charge in [0.15, 0.2) is 0 Å². The Morgan fingerprint density at radius 1 is 1.06 bits per heavy atom. The molecule has 4 aliphatic rings. The summed E-state index contributed by atoms with van der Waals surface area (Å²) in [5.74, 6) is 2.28. The second kappa shape index (κ2) is 8.70. The van der Waals surface area contributed by atoms with Crippen molar-refractivity contribution < 1.29 is 24.4 Å². The maximum absolute atomic E-state index is 11.7.